The molecule has 1 fully saturated rings. The maximum atomic E-state index is 12.2. The predicted molar refractivity (Wildman–Crippen MR) is 111 cm³/mol. The highest BCUT2D eigenvalue weighted by Gasteiger charge is 2.15. The van der Waals surface area contributed by atoms with E-state index in [1.807, 2.05) is 13.0 Å². The first-order valence-electron chi connectivity index (χ1n) is 8.32. The molecule has 2 aromatic rings. The third kappa shape index (κ3) is 4.27. The molecule has 1 amide bonds. The minimum atomic E-state index is -0.480. The molecular weight excluding hydrogens is 462 g/mol. The highest BCUT2D eigenvalue weighted by molar-refractivity contribution is 9.11. The van der Waals surface area contributed by atoms with Gasteiger partial charge in [0.1, 0.15) is 5.75 Å². The number of hydrogen-bond acceptors (Lipinski definition) is 4. The predicted octanol–water partition coefficient (Wildman–Crippen LogP) is 4.59. The number of carbonyl (C=O) groups is 1. The Hall–Kier alpha value is -1.86. The second-order valence-corrected chi connectivity index (χ2v) is 7.99. The number of halogens is 2. The molecule has 2 N–H and O–H groups in total. The summed E-state index contributed by atoms with van der Waals surface area (Å²) in [6.45, 7) is 4.24. The van der Waals surface area contributed by atoms with E-state index in [-0.39, 0.29) is 11.3 Å². The molecule has 3 rings (SSSR count). The molecule has 136 valence electrons. The number of nitrogens with one attached hydrogen (secondary N) is 1. The van der Waals surface area contributed by atoms with Gasteiger partial charge < -0.3 is 10.0 Å². The molecule has 0 aliphatic carbocycles. The molecule has 7 heteroatoms. The summed E-state index contributed by atoms with van der Waals surface area (Å²) in [6, 6.07) is 9.44. The largest absolute Gasteiger partial charge is 0.506 e. The van der Waals surface area contributed by atoms with Crippen LogP contribution in [0, 0.1) is 6.92 Å². The molecule has 2 aromatic carbocycles. The number of hydrazone groups is 1. The van der Waals surface area contributed by atoms with E-state index in [0.29, 0.717) is 8.95 Å². The van der Waals surface area contributed by atoms with Crippen LogP contribution in [0.15, 0.2) is 44.4 Å². The molecule has 0 unspecified atom stereocenters. The van der Waals surface area contributed by atoms with Crippen molar-refractivity contribution in [3.63, 3.8) is 0 Å². The minimum Gasteiger partial charge on any atom is -0.506 e. The van der Waals surface area contributed by atoms with Gasteiger partial charge in [0, 0.05) is 23.2 Å². The number of benzene rings is 2. The summed E-state index contributed by atoms with van der Waals surface area (Å²) in [4.78, 5) is 14.6. The fourth-order valence-electron chi connectivity index (χ4n) is 2.94. The Bertz CT molecular complexity index is 862. The van der Waals surface area contributed by atoms with Crippen LogP contribution in [0.3, 0.4) is 0 Å². The highest BCUT2D eigenvalue weighted by Crippen LogP contribution is 2.31. The van der Waals surface area contributed by atoms with Crippen molar-refractivity contribution in [3.8, 4) is 5.75 Å². The van der Waals surface area contributed by atoms with E-state index in [4.69, 9.17) is 0 Å². The van der Waals surface area contributed by atoms with Crippen molar-refractivity contribution in [1.29, 1.82) is 0 Å². The van der Waals surface area contributed by atoms with Crippen molar-refractivity contribution in [2.45, 2.75) is 19.8 Å². The van der Waals surface area contributed by atoms with E-state index in [0.717, 1.165) is 24.2 Å². The van der Waals surface area contributed by atoms with Crippen molar-refractivity contribution in [2.75, 3.05) is 18.0 Å². The molecule has 0 spiro atoms. The maximum absolute atomic E-state index is 12.2. The molecule has 5 nitrogen and oxygen atoms in total. The summed E-state index contributed by atoms with van der Waals surface area (Å²) in [6.07, 6.45) is 4.10. The number of nitrogens with zero attached hydrogens (tertiary/aromatic N) is 2. The lowest BCUT2D eigenvalue weighted by molar-refractivity contribution is 0.0952. The number of aryl methyl sites for hydroxylation is 1. The summed E-state index contributed by atoms with van der Waals surface area (Å²) < 4.78 is 1.12. The van der Waals surface area contributed by atoms with Gasteiger partial charge in [0.2, 0.25) is 0 Å². The Morgan fingerprint density at radius 1 is 1.23 bits per heavy atom. The fourth-order valence-corrected chi connectivity index (χ4v) is 4.16. The Balaban J connectivity index is 1.69. The van der Waals surface area contributed by atoms with E-state index >= 15 is 0 Å². The van der Waals surface area contributed by atoms with Crippen molar-refractivity contribution in [1.82, 2.24) is 5.43 Å². The molecule has 0 bridgehead atoms. The van der Waals surface area contributed by atoms with E-state index in [2.05, 4.69) is 59.4 Å². The molecule has 0 aromatic heterocycles. The summed E-state index contributed by atoms with van der Waals surface area (Å²) in [7, 11) is 0. The quantitative estimate of drug-likeness (QED) is 0.496. The van der Waals surface area contributed by atoms with Gasteiger partial charge in [0.25, 0.3) is 5.91 Å². The lowest BCUT2D eigenvalue weighted by Crippen LogP contribution is -2.18. The van der Waals surface area contributed by atoms with Crippen LogP contribution in [0.5, 0.6) is 5.75 Å². The van der Waals surface area contributed by atoms with Crippen LogP contribution >= 0.6 is 31.9 Å². The zero-order valence-electron chi connectivity index (χ0n) is 14.3. The van der Waals surface area contributed by atoms with Crippen molar-refractivity contribution in [2.24, 2.45) is 5.10 Å². The zero-order valence-corrected chi connectivity index (χ0v) is 17.5. The maximum Gasteiger partial charge on any atom is 0.275 e. The molecule has 1 aliphatic heterocycles. The Kier molecular flexibility index (Phi) is 5.98. The lowest BCUT2D eigenvalue weighted by Gasteiger charge is -2.18. The van der Waals surface area contributed by atoms with Crippen LogP contribution < -0.4 is 10.3 Å². The van der Waals surface area contributed by atoms with Gasteiger partial charge in [-0.1, -0.05) is 22.0 Å². The molecule has 1 saturated heterocycles. The van der Waals surface area contributed by atoms with Crippen LogP contribution in [0.25, 0.3) is 0 Å². The zero-order chi connectivity index (χ0) is 18.7. The van der Waals surface area contributed by atoms with Gasteiger partial charge in [0.15, 0.2) is 0 Å². The van der Waals surface area contributed by atoms with Gasteiger partial charge in [-0.2, -0.15) is 5.10 Å². The van der Waals surface area contributed by atoms with E-state index in [1.165, 1.54) is 18.5 Å². The third-order valence-electron chi connectivity index (χ3n) is 4.37. The molecule has 0 radical (unpaired) electrons. The third-order valence-corrected chi connectivity index (χ3v) is 5.43. The number of phenols is 1. The topological polar surface area (TPSA) is 64.9 Å². The molecule has 0 atom stereocenters. The van der Waals surface area contributed by atoms with Crippen LogP contribution in [-0.4, -0.2) is 30.3 Å². The number of rotatable bonds is 4. The first-order chi connectivity index (χ1) is 12.5. The summed E-state index contributed by atoms with van der Waals surface area (Å²) in [5, 5.41) is 14.0. The highest BCUT2D eigenvalue weighted by atomic mass is 79.9. The van der Waals surface area contributed by atoms with Crippen LogP contribution in [-0.2, 0) is 0 Å². The Morgan fingerprint density at radius 3 is 2.65 bits per heavy atom. The fraction of sp³-hybridized carbons (Fsp3) is 0.263. The Labute approximate surface area is 169 Å². The minimum absolute atomic E-state index is 0.118. The van der Waals surface area contributed by atoms with E-state index in [9.17, 15) is 9.90 Å². The number of amides is 1. The van der Waals surface area contributed by atoms with Gasteiger partial charge in [0.05, 0.1) is 16.3 Å². The van der Waals surface area contributed by atoms with Gasteiger partial charge in [-0.15, -0.1) is 0 Å². The molecule has 1 aliphatic rings. The van der Waals surface area contributed by atoms with E-state index < -0.39 is 5.91 Å². The smallest absolute Gasteiger partial charge is 0.275 e. The monoisotopic (exact) mass is 479 g/mol. The van der Waals surface area contributed by atoms with Crippen LogP contribution in [0.1, 0.15) is 34.3 Å². The van der Waals surface area contributed by atoms with Crippen molar-refractivity contribution < 1.29 is 9.90 Å². The number of carbonyl (C=O) groups excluding carboxylic acids is 1. The Morgan fingerprint density at radius 2 is 1.96 bits per heavy atom. The average molecular weight is 481 g/mol. The number of anilines is 1. The summed E-state index contributed by atoms with van der Waals surface area (Å²) in [5.74, 6) is -0.598. The first kappa shape index (κ1) is 18.9. The summed E-state index contributed by atoms with van der Waals surface area (Å²) >= 11 is 6.51. The van der Waals surface area contributed by atoms with Gasteiger partial charge in [-0.05, 0) is 71.1 Å². The normalized spacial score (nSPS) is 14.2. The summed E-state index contributed by atoms with van der Waals surface area (Å²) in [5.41, 5.74) is 5.86. The second-order valence-electron chi connectivity index (χ2n) is 6.22. The van der Waals surface area contributed by atoms with Crippen LogP contribution in [0.4, 0.5) is 5.69 Å². The van der Waals surface area contributed by atoms with Gasteiger partial charge >= 0.3 is 0 Å². The second kappa shape index (κ2) is 8.22. The number of hydrogen-bond donors (Lipinski definition) is 2. The standard InChI is InChI=1S/C19H19Br2N3O2/c1-12-8-15(24-6-2-3-7-24)5-4-13(12)11-22-23-19(26)16-9-14(20)10-17(21)18(16)25/h4-5,8-11,25H,2-3,6-7H2,1H3,(H,23,26)/b22-11-. The van der Waals surface area contributed by atoms with Gasteiger partial charge in [-0.25, -0.2) is 5.43 Å². The molecular formula is C19H19Br2N3O2. The van der Waals surface area contributed by atoms with Crippen molar-refractivity contribution in [3.05, 3.63) is 56.0 Å². The van der Waals surface area contributed by atoms with E-state index in [1.54, 1.807) is 18.3 Å². The number of aromatic hydroxyl groups is 1. The molecule has 1 heterocycles. The first-order valence-corrected chi connectivity index (χ1v) is 9.91. The lowest BCUT2D eigenvalue weighted by atomic mass is 10.1. The molecule has 26 heavy (non-hydrogen) atoms. The van der Waals surface area contributed by atoms with Crippen LogP contribution in [0.2, 0.25) is 0 Å². The molecule has 0 saturated carbocycles. The van der Waals surface area contributed by atoms with Crippen molar-refractivity contribution >= 4 is 49.7 Å². The SMILES string of the molecule is Cc1cc(N2CCCC2)ccc1/C=N\NC(=O)c1cc(Br)cc(Br)c1O. The number of phenolic OH excluding ortho intramolecular Hbond substituents is 1. The average Bonchev–Trinajstić information content (AvgIpc) is 3.14. The van der Waals surface area contributed by atoms with Gasteiger partial charge in [-0.3, -0.25) is 4.79 Å².